The first-order valence-corrected chi connectivity index (χ1v) is 20.0. The molecule has 0 heteroatoms. The molecule has 0 heterocycles. The smallest absolute Gasteiger partial charge is 0.0159 e. The molecule has 11 rings (SSSR count). The Labute approximate surface area is 328 Å². The summed E-state index contributed by atoms with van der Waals surface area (Å²) >= 11 is 0. The Bertz CT molecular complexity index is 3190. The maximum atomic E-state index is 2.55. The summed E-state index contributed by atoms with van der Waals surface area (Å²) in [6, 6.07) is 66.3. The van der Waals surface area contributed by atoms with Gasteiger partial charge in [-0.25, -0.2) is 0 Å². The molecule has 0 aliphatic heterocycles. The number of rotatable bonds is 4. The van der Waals surface area contributed by atoms with Gasteiger partial charge in [-0.05, 0) is 139 Å². The van der Waals surface area contributed by atoms with Crippen LogP contribution in [0.15, 0.2) is 176 Å². The predicted molar refractivity (Wildman–Crippen MR) is 242 cm³/mol. The molecule has 10 aromatic carbocycles. The first kappa shape index (κ1) is 32.9. The Balaban J connectivity index is 1.20. The van der Waals surface area contributed by atoms with E-state index >= 15 is 0 Å². The van der Waals surface area contributed by atoms with Gasteiger partial charge in [-0.3, -0.25) is 0 Å². The van der Waals surface area contributed by atoms with Crippen molar-refractivity contribution in [3.05, 3.63) is 193 Å². The van der Waals surface area contributed by atoms with Crippen molar-refractivity contribution in [1.82, 2.24) is 0 Å². The van der Waals surface area contributed by atoms with Gasteiger partial charge in [0.25, 0.3) is 0 Å². The maximum absolute atomic E-state index is 2.55. The van der Waals surface area contributed by atoms with Crippen LogP contribution in [0, 0.1) is 0 Å². The summed E-state index contributed by atoms with van der Waals surface area (Å²) < 4.78 is 0. The average molecular weight is 715 g/mol. The Morgan fingerprint density at radius 1 is 0.339 bits per heavy atom. The minimum Gasteiger partial charge on any atom is -0.0616 e. The molecule has 0 saturated heterocycles. The molecule has 0 N–H and O–H groups in total. The molecule has 10 aromatic rings. The summed E-state index contributed by atoms with van der Waals surface area (Å²) in [7, 11) is 0. The molecule has 56 heavy (non-hydrogen) atoms. The molecular weight excluding hydrogens is 673 g/mol. The molecule has 0 saturated carbocycles. The van der Waals surface area contributed by atoms with Gasteiger partial charge in [-0.1, -0.05) is 185 Å². The number of hydrogen-bond acceptors (Lipinski definition) is 0. The third-order valence-electron chi connectivity index (χ3n) is 12.8. The largest absolute Gasteiger partial charge is 0.0616 e. The Morgan fingerprint density at radius 2 is 0.839 bits per heavy atom. The molecule has 0 aromatic heterocycles. The molecule has 266 valence electrons. The highest BCUT2D eigenvalue weighted by atomic mass is 14.4. The molecule has 0 amide bonds. The summed E-state index contributed by atoms with van der Waals surface area (Å²) in [5.74, 6) is 0.409. The molecule has 0 fully saturated rings. The van der Waals surface area contributed by atoms with Gasteiger partial charge in [0, 0.05) is 5.41 Å². The van der Waals surface area contributed by atoms with Crippen LogP contribution in [0.1, 0.15) is 50.3 Å². The van der Waals surface area contributed by atoms with Crippen molar-refractivity contribution in [3.8, 4) is 44.5 Å². The fourth-order valence-corrected chi connectivity index (χ4v) is 10.1. The van der Waals surface area contributed by atoms with Gasteiger partial charge in [-0.15, -0.1) is 0 Å². The van der Waals surface area contributed by atoms with E-state index in [1.165, 1.54) is 115 Å². The Hall–Kier alpha value is -6.50. The van der Waals surface area contributed by atoms with Crippen LogP contribution in [0.4, 0.5) is 0 Å². The van der Waals surface area contributed by atoms with Gasteiger partial charge in [0.1, 0.15) is 0 Å². The lowest BCUT2D eigenvalue weighted by atomic mass is 9.79. The van der Waals surface area contributed by atoms with Gasteiger partial charge >= 0.3 is 0 Å². The first-order valence-electron chi connectivity index (χ1n) is 20.0. The van der Waals surface area contributed by atoms with Crippen molar-refractivity contribution < 1.29 is 0 Å². The van der Waals surface area contributed by atoms with E-state index in [1.807, 2.05) is 0 Å². The third kappa shape index (κ3) is 4.72. The monoisotopic (exact) mass is 714 g/mol. The van der Waals surface area contributed by atoms with E-state index in [1.54, 1.807) is 0 Å². The molecule has 0 nitrogen and oxygen atoms in total. The molecule has 0 bridgehead atoms. The quantitative estimate of drug-likeness (QED) is 0.159. The van der Waals surface area contributed by atoms with Crippen LogP contribution >= 0.6 is 0 Å². The fraction of sp³-hybridized carbons (Fsp3) is 0.107. The second-order valence-corrected chi connectivity index (χ2v) is 16.6. The lowest BCUT2D eigenvalue weighted by Crippen LogP contribution is -2.15. The maximum Gasteiger partial charge on any atom is 0.0159 e. The standard InChI is InChI=1S/C56H42/c1-34(2)40-29-27-36-16-7-8-18-41(36)52(40)39-28-30-50-49(32-39)55-43-20-10-9-19-42(43)48(33-51(55)56(50,3)4)54-46-23-13-11-21-44(46)53(45-22-12-14-24-47(45)54)38-26-25-35-15-5-6-17-37(35)31-38/h5-34H,1-4H3. The summed E-state index contributed by atoms with van der Waals surface area (Å²) in [4.78, 5) is 0. The van der Waals surface area contributed by atoms with E-state index in [9.17, 15) is 0 Å². The van der Waals surface area contributed by atoms with Crippen LogP contribution in [0.2, 0.25) is 0 Å². The normalized spacial score (nSPS) is 13.3. The first-order chi connectivity index (χ1) is 27.4. The second-order valence-electron chi connectivity index (χ2n) is 16.6. The molecule has 0 spiro atoms. The second kappa shape index (κ2) is 12.3. The number of fused-ring (bicyclic) bond motifs is 9. The lowest BCUT2D eigenvalue weighted by molar-refractivity contribution is 0.661. The number of benzene rings is 10. The van der Waals surface area contributed by atoms with Crippen molar-refractivity contribution in [2.75, 3.05) is 0 Å². The van der Waals surface area contributed by atoms with Gasteiger partial charge in [0.2, 0.25) is 0 Å². The zero-order valence-corrected chi connectivity index (χ0v) is 32.3. The highest BCUT2D eigenvalue weighted by molar-refractivity contribution is 6.25. The molecule has 0 unspecified atom stereocenters. The van der Waals surface area contributed by atoms with E-state index in [2.05, 4.69) is 204 Å². The Morgan fingerprint density at radius 3 is 1.50 bits per heavy atom. The van der Waals surface area contributed by atoms with Gasteiger partial charge in [-0.2, -0.15) is 0 Å². The molecule has 1 aliphatic carbocycles. The predicted octanol–water partition coefficient (Wildman–Crippen LogP) is 15.9. The average Bonchev–Trinajstić information content (AvgIpc) is 3.46. The summed E-state index contributed by atoms with van der Waals surface area (Å²) in [6.45, 7) is 9.48. The van der Waals surface area contributed by atoms with Crippen LogP contribution in [-0.4, -0.2) is 0 Å². The molecule has 0 radical (unpaired) electrons. The van der Waals surface area contributed by atoms with E-state index in [4.69, 9.17) is 0 Å². The van der Waals surface area contributed by atoms with Crippen molar-refractivity contribution in [2.24, 2.45) is 0 Å². The Kier molecular flexibility index (Phi) is 7.20. The van der Waals surface area contributed by atoms with Crippen molar-refractivity contribution in [3.63, 3.8) is 0 Å². The van der Waals surface area contributed by atoms with Gasteiger partial charge in [0.05, 0.1) is 0 Å². The topological polar surface area (TPSA) is 0 Å². The molecular formula is C56H42. The SMILES string of the molecule is CC(C)c1ccc2ccccc2c1-c1ccc2c(c1)-c1c(cc(-c3c4ccccc4c(-c4ccc5ccccc5c4)c4ccccc34)c3ccccc13)C2(C)C. The minimum atomic E-state index is -0.182. The summed E-state index contributed by atoms with van der Waals surface area (Å²) in [5, 5.41) is 12.9. The van der Waals surface area contributed by atoms with Crippen LogP contribution in [0.25, 0.3) is 98.4 Å². The zero-order chi connectivity index (χ0) is 37.7. The molecule has 0 atom stereocenters. The summed E-state index contributed by atoms with van der Waals surface area (Å²) in [6.07, 6.45) is 0. The highest BCUT2D eigenvalue weighted by Crippen LogP contribution is 2.56. The van der Waals surface area contributed by atoms with Crippen LogP contribution < -0.4 is 0 Å². The van der Waals surface area contributed by atoms with Gasteiger partial charge < -0.3 is 0 Å². The minimum absolute atomic E-state index is 0.182. The summed E-state index contributed by atoms with van der Waals surface area (Å²) in [5.41, 5.74) is 14.5. The van der Waals surface area contributed by atoms with E-state index in [0.717, 1.165) is 0 Å². The lowest BCUT2D eigenvalue weighted by Gasteiger charge is -2.24. The third-order valence-corrected chi connectivity index (χ3v) is 12.8. The van der Waals surface area contributed by atoms with Crippen LogP contribution in [-0.2, 0) is 5.41 Å². The van der Waals surface area contributed by atoms with Crippen molar-refractivity contribution in [2.45, 2.75) is 39.0 Å². The van der Waals surface area contributed by atoms with Crippen molar-refractivity contribution in [1.29, 1.82) is 0 Å². The van der Waals surface area contributed by atoms with Crippen LogP contribution in [0.5, 0.6) is 0 Å². The highest BCUT2D eigenvalue weighted by Gasteiger charge is 2.38. The zero-order valence-electron chi connectivity index (χ0n) is 32.3. The molecule has 1 aliphatic rings. The van der Waals surface area contributed by atoms with E-state index in [0.29, 0.717) is 5.92 Å². The van der Waals surface area contributed by atoms with E-state index in [-0.39, 0.29) is 5.41 Å². The van der Waals surface area contributed by atoms with Crippen molar-refractivity contribution >= 4 is 53.9 Å². The number of hydrogen-bond donors (Lipinski definition) is 0. The van der Waals surface area contributed by atoms with E-state index < -0.39 is 0 Å². The van der Waals surface area contributed by atoms with Crippen LogP contribution in [0.3, 0.4) is 0 Å². The van der Waals surface area contributed by atoms with Gasteiger partial charge in [0.15, 0.2) is 0 Å². The fourth-order valence-electron chi connectivity index (χ4n) is 10.1.